The molecule has 3 aromatic rings. The first-order valence-corrected chi connectivity index (χ1v) is 18.4. The predicted molar refractivity (Wildman–Crippen MR) is 138 cm³/mol. The van der Waals surface area contributed by atoms with E-state index in [0.717, 1.165) is 28.7 Å². The maximum atomic E-state index is 6.14. The third-order valence-corrected chi connectivity index (χ3v) is 7.51. The molecule has 0 atom stereocenters. The fourth-order valence-electron chi connectivity index (χ4n) is 2.95. The van der Waals surface area contributed by atoms with Crippen LogP contribution in [0.5, 0.6) is 0 Å². The molecule has 0 aliphatic heterocycles. The van der Waals surface area contributed by atoms with Crippen molar-refractivity contribution in [2.45, 2.75) is 52.1 Å². The van der Waals surface area contributed by atoms with Gasteiger partial charge in [-0.3, -0.25) is 4.57 Å². The van der Waals surface area contributed by atoms with Gasteiger partial charge in [0.2, 0.25) is 0 Å². The molecule has 1 aromatic carbocycles. The van der Waals surface area contributed by atoms with E-state index in [0.29, 0.717) is 24.2 Å². The number of nitrogens with zero attached hydrogens (tertiary/aromatic N) is 4. The molecule has 3 rings (SSSR count). The summed E-state index contributed by atoms with van der Waals surface area (Å²) in [6.45, 7) is 14.8. The molecule has 0 saturated carbocycles. The second kappa shape index (κ2) is 10.1. The van der Waals surface area contributed by atoms with Crippen molar-refractivity contribution in [1.29, 1.82) is 0 Å². The summed E-state index contributed by atoms with van der Waals surface area (Å²) in [5, 5.41) is 0.685. The van der Waals surface area contributed by atoms with Gasteiger partial charge in [-0.25, -0.2) is 15.0 Å². The Labute approximate surface area is 198 Å². The lowest BCUT2D eigenvalue weighted by Gasteiger charge is -2.16. The van der Waals surface area contributed by atoms with Crippen LogP contribution >= 0.6 is 11.6 Å². The highest BCUT2D eigenvalue weighted by molar-refractivity contribution is 6.83. The summed E-state index contributed by atoms with van der Waals surface area (Å²) in [5.74, 6) is 4.04. The first-order chi connectivity index (χ1) is 15.0. The number of rotatable bonds is 7. The van der Waals surface area contributed by atoms with Gasteiger partial charge < -0.3 is 4.74 Å². The van der Waals surface area contributed by atoms with Gasteiger partial charge in [0, 0.05) is 31.5 Å². The van der Waals surface area contributed by atoms with Gasteiger partial charge in [0.25, 0.3) is 0 Å². The summed E-state index contributed by atoms with van der Waals surface area (Å²) >= 11 is 6.13. The van der Waals surface area contributed by atoms with Crippen molar-refractivity contribution in [2.75, 3.05) is 6.61 Å². The Morgan fingerprint density at radius 3 is 2.34 bits per heavy atom. The van der Waals surface area contributed by atoms with Crippen molar-refractivity contribution >= 4 is 27.7 Å². The van der Waals surface area contributed by atoms with E-state index in [1.165, 1.54) is 0 Å². The molecule has 8 heteroatoms. The molecule has 0 aliphatic rings. The Hall–Kier alpha value is -2.25. The molecule has 168 valence electrons. The molecule has 0 saturated heterocycles. The number of imidazole rings is 1. The zero-order chi connectivity index (χ0) is 23.4. The molecule has 0 unspecified atom stereocenters. The molecule has 5 nitrogen and oxygen atoms in total. The van der Waals surface area contributed by atoms with Crippen LogP contribution in [0.25, 0.3) is 22.6 Å². The molecule has 2 heterocycles. The zero-order valence-electron chi connectivity index (χ0n) is 19.7. The van der Waals surface area contributed by atoms with Crippen molar-refractivity contribution < 1.29 is 4.74 Å². The summed E-state index contributed by atoms with van der Waals surface area (Å²) < 4.78 is 8.18. The van der Waals surface area contributed by atoms with Gasteiger partial charge in [-0.2, -0.15) is 0 Å². The molecule has 0 aliphatic carbocycles. The zero-order valence-corrected chi connectivity index (χ0v) is 22.5. The molecule has 2 aromatic heterocycles. The average molecular weight is 483 g/mol. The Morgan fingerprint density at radius 1 is 1.03 bits per heavy atom. The number of benzene rings is 1. The van der Waals surface area contributed by atoms with E-state index < -0.39 is 16.1 Å². The average Bonchev–Trinajstić information content (AvgIpc) is 3.08. The Balaban J connectivity index is 2.12. The van der Waals surface area contributed by atoms with E-state index in [4.69, 9.17) is 21.3 Å². The van der Waals surface area contributed by atoms with Crippen LogP contribution < -0.4 is 0 Å². The van der Waals surface area contributed by atoms with E-state index in [-0.39, 0.29) is 0 Å². The van der Waals surface area contributed by atoms with Gasteiger partial charge in [-0.05, 0) is 30.2 Å². The monoisotopic (exact) mass is 482 g/mol. The lowest BCUT2D eigenvalue weighted by atomic mass is 10.1. The van der Waals surface area contributed by atoms with Crippen LogP contribution in [-0.4, -0.2) is 42.3 Å². The van der Waals surface area contributed by atoms with Gasteiger partial charge >= 0.3 is 0 Å². The SMILES string of the molecule is C[Si](C)(C)C#Cc1nc(-c2ccc(Cl)cc2)c(-c2ccncn2)n1COCC[Si](C)(C)C. The summed E-state index contributed by atoms with van der Waals surface area (Å²) in [6, 6.07) is 10.7. The maximum Gasteiger partial charge on any atom is 0.187 e. The van der Waals surface area contributed by atoms with Crippen LogP contribution in [0, 0.1) is 11.5 Å². The van der Waals surface area contributed by atoms with Crippen LogP contribution in [0.15, 0.2) is 42.9 Å². The highest BCUT2D eigenvalue weighted by Gasteiger charge is 2.21. The molecular weight excluding hydrogens is 452 g/mol. The Kier molecular flexibility index (Phi) is 7.72. The van der Waals surface area contributed by atoms with E-state index in [1.54, 1.807) is 12.5 Å². The van der Waals surface area contributed by atoms with E-state index >= 15 is 0 Å². The highest BCUT2D eigenvalue weighted by Crippen LogP contribution is 2.32. The first-order valence-electron chi connectivity index (χ1n) is 10.8. The fourth-order valence-corrected chi connectivity index (χ4v) is 4.32. The minimum atomic E-state index is -1.59. The number of ether oxygens (including phenoxy) is 1. The predicted octanol–water partition coefficient (Wildman–Crippen LogP) is 6.20. The number of hydrogen-bond donors (Lipinski definition) is 0. The van der Waals surface area contributed by atoms with Gasteiger partial charge in [0.1, 0.15) is 21.1 Å². The topological polar surface area (TPSA) is 52.8 Å². The Bertz CT molecular complexity index is 1110. The second-order valence-corrected chi connectivity index (χ2v) is 20.8. The summed E-state index contributed by atoms with van der Waals surface area (Å²) in [4.78, 5) is 13.6. The molecule has 32 heavy (non-hydrogen) atoms. The van der Waals surface area contributed by atoms with Gasteiger partial charge in [-0.15, -0.1) is 5.54 Å². The molecule has 0 bridgehead atoms. The van der Waals surface area contributed by atoms with E-state index in [9.17, 15) is 0 Å². The quantitative estimate of drug-likeness (QED) is 0.228. The lowest BCUT2D eigenvalue weighted by Crippen LogP contribution is -2.22. The fraction of sp³-hybridized carbons (Fsp3) is 0.375. The van der Waals surface area contributed by atoms with Crippen molar-refractivity contribution in [2.24, 2.45) is 0 Å². The normalized spacial score (nSPS) is 11.8. The highest BCUT2D eigenvalue weighted by atomic mass is 35.5. The van der Waals surface area contributed by atoms with Crippen molar-refractivity contribution in [3.63, 3.8) is 0 Å². The van der Waals surface area contributed by atoms with Crippen molar-refractivity contribution in [3.05, 3.63) is 53.7 Å². The third-order valence-electron chi connectivity index (χ3n) is 4.68. The van der Waals surface area contributed by atoms with Gasteiger partial charge in [0.15, 0.2) is 5.82 Å². The minimum Gasteiger partial charge on any atom is -0.361 e. The molecular formula is C24H31ClN4OSi2. The van der Waals surface area contributed by atoms with Gasteiger partial charge in [-0.1, -0.05) is 63.0 Å². The molecule has 0 amide bonds. The molecule has 0 spiro atoms. The van der Waals surface area contributed by atoms with Crippen LogP contribution in [0.1, 0.15) is 5.82 Å². The Morgan fingerprint density at radius 2 is 1.75 bits per heavy atom. The lowest BCUT2D eigenvalue weighted by molar-refractivity contribution is 0.0876. The van der Waals surface area contributed by atoms with Crippen LogP contribution in [-0.2, 0) is 11.5 Å². The summed E-state index contributed by atoms with van der Waals surface area (Å²) in [6.07, 6.45) is 3.29. The van der Waals surface area contributed by atoms with E-state index in [1.807, 2.05) is 34.9 Å². The largest absolute Gasteiger partial charge is 0.361 e. The summed E-state index contributed by atoms with van der Waals surface area (Å²) in [5.41, 5.74) is 6.88. The molecule has 0 N–H and O–H groups in total. The van der Waals surface area contributed by atoms with Crippen LogP contribution in [0.3, 0.4) is 0 Å². The van der Waals surface area contributed by atoms with Crippen molar-refractivity contribution in [1.82, 2.24) is 19.5 Å². The first kappa shape index (κ1) is 24.4. The minimum absolute atomic E-state index is 0.375. The molecule has 0 fully saturated rings. The van der Waals surface area contributed by atoms with E-state index in [2.05, 4.69) is 60.7 Å². The van der Waals surface area contributed by atoms with Crippen molar-refractivity contribution in [3.8, 4) is 34.1 Å². The summed E-state index contributed by atoms with van der Waals surface area (Å²) in [7, 11) is -2.78. The van der Waals surface area contributed by atoms with Crippen LogP contribution in [0.4, 0.5) is 0 Å². The van der Waals surface area contributed by atoms with Crippen LogP contribution in [0.2, 0.25) is 50.3 Å². The third kappa shape index (κ3) is 6.88. The van der Waals surface area contributed by atoms with Gasteiger partial charge in [0.05, 0.1) is 17.1 Å². The smallest absolute Gasteiger partial charge is 0.187 e. The standard InChI is InChI=1S/C24H31ClN4OSi2/c1-31(2,3)15-12-22-28-23(19-7-9-20(25)10-8-19)24(21-11-13-26-17-27-21)29(22)18-30-14-16-32(4,5)6/h7-11,13,17H,14,16,18H2,1-6H3. The number of halogens is 1. The maximum absolute atomic E-state index is 6.14. The molecule has 0 radical (unpaired) electrons. The second-order valence-electron chi connectivity index (χ2n) is 10.0. The number of hydrogen-bond acceptors (Lipinski definition) is 4. The number of aromatic nitrogens is 4.